The van der Waals surface area contributed by atoms with Gasteiger partial charge in [-0.1, -0.05) is 6.07 Å². The first kappa shape index (κ1) is 11.3. The van der Waals surface area contributed by atoms with E-state index < -0.39 is 6.10 Å². The van der Waals surface area contributed by atoms with Crippen LogP contribution in [-0.2, 0) is 6.54 Å². The standard InChI is InChI=1S/C11H15N3OS/c12-8-9(15)3-5-14-6-4-13-11(14)10-2-1-7-16-10/h1-2,4,6-7,9,15H,3,5,8,12H2. The maximum atomic E-state index is 9.42. The first-order chi connectivity index (χ1) is 7.81. The third-order valence-corrected chi connectivity index (χ3v) is 3.30. The predicted molar refractivity (Wildman–Crippen MR) is 65.2 cm³/mol. The lowest BCUT2D eigenvalue weighted by Gasteiger charge is -2.09. The van der Waals surface area contributed by atoms with Crippen LogP contribution in [0.5, 0.6) is 0 Å². The Labute approximate surface area is 98.4 Å². The van der Waals surface area contributed by atoms with Gasteiger partial charge in [-0.15, -0.1) is 11.3 Å². The molecule has 0 saturated heterocycles. The van der Waals surface area contributed by atoms with E-state index in [4.69, 9.17) is 5.73 Å². The summed E-state index contributed by atoms with van der Waals surface area (Å²) in [6, 6.07) is 4.05. The summed E-state index contributed by atoms with van der Waals surface area (Å²) >= 11 is 1.66. The van der Waals surface area contributed by atoms with Crippen molar-refractivity contribution in [3.8, 4) is 10.7 Å². The van der Waals surface area contributed by atoms with E-state index in [2.05, 4.69) is 4.98 Å². The molecule has 0 aromatic carbocycles. The Balaban J connectivity index is 2.08. The molecule has 0 aliphatic rings. The number of thiophene rings is 1. The van der Waals surface area contributed by atoms with Crippen molar-refractivity contribution in [1.82, 2.24) is 9.55 Å². The average Bonchev–Trinajstić information content (AvgIpc) is 2.95. The molecule has 5 heteroatoms. The van der Waals surface area contributed by atoms with Gasteiger partial charge in [0.25, 0.3) is 0 Å². The van der Waals surface area contributed by atoms with Crippen LogP contribution in [0.15, 0.2) is 29.9 Å². The van der Waals surface area contributed by atoms with Crippen molar-refractivity contribution < 1.29 is 5.11 Å². The van der Waals surface area contributed by atoms with Gasteiger partial charge in [0.05, 0.1) is 11.0 Å². The van der Waals surface area contributed by atoms with Crippen molar-refractivity contribution in [1.29, 1.82) is 0 Å². The van der Waals surface area contributed by atoms with Crippen molar-refractivity contribution in [2.24, 2.45) is 5.73 Å². The second-order valence-electron chi connectivity index (χ2n) is 3.60. The number of aryl methyl sites for hydroxylation is 1. The zero-order valence-electron chi connectivity index (χ0n) is 8.91. The van der Waals surface area contributed by atoms with Gasteiger partial charge in [-0.25, -0.2) is 4.98 Å². The highest BCUT2D eigenvalue weighted by Gasteiger charge is 2.08. The molecule has 0 saturated carbocycles. The molecular weight excluding hydrogens is 222 g/mol. The number of nitrogens with two attached hydrogens (primary N) is 1. The van der Waals surface area contributed by atoms with Gasteiger partial charge in [0.1, 0.15) is 5.82 Å². The molecule has 0 fully saturated rings. The smallest absolute Gasteiger partial charge is 0.149 e. The minimum Gasteiger partial charge on any atom is -0.392 e. The normalized spacial score (nSPS) is 12.9. The third-order valence-electron chi connectivity index (χ3n) is 2.43. The van der Waals surface area contributed by atoms with Crippen molar-refractivity contribution in [3.63, 3.8) is 0 Å². The van der Waals surface area contributed by atoms with Gasteiger partial charge in [0.2, 0.25) is 0 Å². The highest BCUT2D eigenvalue weighted by atomic mass is 32.1. The molecule has 2 aromatic heterocycles. The van der Waals surface area contributed by atoms with E-state index in [9.17, 15) is 5.11 Å². The van der Waals surface area contributed by atoms with Gasteiger partial charge >= 0.3 is 0 Å². The Hall–Kier alpha value is -1.17. The number of hydrogen-bond acceptors (Lipinski definition) is 4. The molecule has 1 unspecified atom stereocenters. The largest absolute Gasteiger partial charge is 0.392 e. The van der Waals surface area contributed by atoms with Crippen LogP contribution in [-0.4, -0.2) is 27.3 Å². The fourth-order valence-electron chi connectivity index (χ4n) is 1.53. The molecule has 0 radical (unpaired) electrons. The Bertz CT molecular complexity index is 424. The SMILES string of the molecule is NCC(O)CCn1ccnc1-c1cccs1. The summed E-state index contributed by atoms with van der Waals surface area (Å²) in [6.07, 6.45) is 3.94. The van der Waals surface area contributed by atoms with E-state index in [1.165, 1.54) is 0 Å². The molecule has 1 atom stereocenters. The molecular formula is C11H15N3OS. The van der Waals surface area contributed by atoms with Gasteiger partial charge in [0, 0.05) is 25.5 Å². The van der Waals surface area contributed by atoms with E-state index >= 15 is 0 Å². The summed E-state index contributed by atoms with van der Waals surface area (Å²) in [4.78, 5) is 5.47. The zero-order valence-corrected chi connectivity index (χ0v) is 9.73. The summed E-state index contributed by atoms with van der Waals surface area (Å²) in [6.45, 7) is 1.05. The molecule has 86 valence electrons. The fraction of sp³-hybridized carbons (Fsp3) is 0.364. The molecule has 0 bridgehead atoms. The van der Waals surface area contributed by atoms with Gasteiger partial charge in [-0.3, -0.25) is 0 Å². The number of hydrogen-bond donors (Lipinski definition) is 2. The van der Waals surface area contributed by atoms with E-state index in [0.717, 1.165) is 17.2 Å². The van der Waals surface area contributed by atoms with Crippen LogP contribution in [0, 0.1) is 0 Å². The first-order valence-corrected chi connectivity index (χ1v) is 6.12. The highest BCUT2D eigenvalue weighted by molar-refractivity contribution is 7.13. The number of aliphatic hydroxyl groups excluding tert-OH is 1. The van der Waals surface area contributed by atoms with Gasteiger partial charge < -0.3 is 15.4 Å². The third kappa shape index (κ3) is 2.49. The summed E-state index contributed by atoms with van der Waals surface area (Å²) in [5, 5.41) is 11.5. The monoisotopic (exact) mass is 237 g/mol. The van der Waals surface area contributed by atoms with Crippen LogP contribution in [0.25, 0.3) is 10.7 Å². The number of aromatic nitrogens is 2. The summed E-state index contributed by atoms with van der Waals surface area (Å²) in [5.74, 6) is 0.958. The van der Waals surface area contributed by atoms with Crippen LogP contribution >= 0.6 is 11.3 Å². The maximum Gasteiger partial charge on any atom is 0.149 e. The van der Waals surface area contributed by atoms with E-state index in [1.54, 1.807) is 17.5 Å². The minimum absolute atomic E-state index is 0.309. The molecule has 0 aliphatic carbocycles. The first-order valence-electron chi connectivity index (χ1n) is 5.24. The summed E-state index contributed by atoms with van der Waals surface area (Å²) < 4.78 is 2.05. The highest BCUT2D eigenvalue weighted by Crippen LogP contribution is 2.22. The van der Waals surface area contributed by atoms with Crippen LogP contribution in [0.1, 0.15) is 6.42 Å². The Morgan fingerprint density at radius 2 is 2.44 bits per heavy atom. The lowest BCUT2D eigenvalue weighted by molar-refractivity contribution is 0.167. The average molecular weight is 237 g/mol. The second-order valence-corrected chi connectivity index (χ2v) is 4.55. The van der Waals surface area contributed by atoms with Crippen molar-refractivity contribution in [3.05, 3.63) is 29.9 Å². The van der Waals surface area contributed by atoms with E-state index in [-0.39, 0.29) is 0 Å². The predicted octanol–water partition coefficient (Wildman–Crippen LogP) is 1.32. The Kier molecular flexibility index (Phi) is 3.71. The van der Waals surface area contributed by atoms with E-state index in [1.807, 2.05) is 28.3 Å². The lowest BCUT2D eigenvalue weighted by atomic mass is 10.2. The summed E-state index contributed by atoms with van der Waals surface area (Å²) in [7, 11) is 0. The van der Waals surface area contributed by atoms with Gasteiger partial charge in [-0.05, 0) is 17.9 Å². The zero-order chi connectivity index (χ0) is 11.4. The number of imidazole rings is 1. The van der Waals surface area contributed by atoms with Crippen molar-refractivity contribution >= 4 is 11.3 Å². The Morgan fingerprint density at radius 3 is 3.12 bits per heavy atom. The van der Waals surface area contributed by atoms with Gasteiger partial charge in [0.15, 0.2) is 0 Å². The topological polar surface area (TPSA) is 64.1 Å². The van der Waals surface area contributed by atoms with E-state index in [0.29, 0.717) is 13.0 Å². The number of nitrogens with zero attached hydrogens (tertiary/aromatic N) is 2. The molecule has 2 aromatic rings. The quantitative estimate of drug-likeness (QED) is 0.824. The molecule has 0 aliphatic heterocycles. The van der Waals surface area contributed by atoms with Crippen LogP contribution in [0.4, 0.5) is 0 Å². The Morgan fingerprint density at radius 1 is 1.56 bits per heavy atom. The minimum atomic E-state index is -0.432. The van der Waals surface area contributed by atoms with Crippen LogP contribution in [0.3, 0.4) is 0 Å². The van der Waals surface area contributed by atoms with Gasteiger partial charge in [-0.2, -0.15) is 0 Å². The molecule has 16 heavy (non-hydrogen) atoms. The lowest BCUT2D eigenvalue weighted by Crippen LogP contribution is -2.21. The molecule has 0 amide bonds. The number of aliphatic hydroxyl groups is 1. The van der Waals surface area contributed by atoms with Crippen LogP contribution in [0.2, 0.25) is 0 Å². The number of rotatable bonds is 5. The fourth-order valence-corrected chi connectivity index (χ4v) is 2.26. The second kappa shape index (κ2) is 5.25. The summed E-state index contributed by atoms with van der Waals surface area (Å²) in [5.41, 5.74) is 5.37. The molecule has 2 rings (SSSR count). The van der Waals surface area contributed by atoms with Crippen molar-refractivity contribution in [2.75, 3.05) is 6.54 Å². The van der Waals surface area contributed by atoms with Crippen LogP contribution < -0.4 is 5.73 Å². The maximum absolute atomic E-state index is 9.42. The molecule has 0 spiro atoms. The molecule has 4 nitrogen and oxygen atoms in total. The molecule has 2 heterocycles. The molecule has 3 N–H and O–H groups in total. The van der Waals surface area contributed by atoms with Crippen molar-refractivity contribution in [2.45, 2.75) is 19.1 Å².